The Bertz CT molecular complexity index is 509. The third-order valence-corrected chi connectivity index (χ3v) is 2.79. The van der Waals surface area contributed by atoms with Gasteiger partial charge in [0, 0.05) is 10.9 Å². The van der Waals surface area contributed by atoms with Crippen molar-refractivity contribution in [1.82, 2.24) is 4.98 Å². The van der Waals surface area contributed by atoms with Crippen LogP contribution in [0.15, 0.2) is 30.3 Å². The molecule has 0 amide bonds. The zero-order chi connectivity index (χ0) is 12.3. The Morgan fingerprint density at radius 3 is 2.82 bits per heavy atom. The van der Waals surface area contributed by atoms with Crippen LogP contribution in [-0.2, 0) is 6.42 Å². The molecule has 2 aromatic rings. The molecule has 0 aliphatic heterocycles. The van der Waals surface area contributed by atoms with Crippen molar-refractivity contribution in [2.24, 2.45) is 0 Å². The van der Waals surface area contributed by atoms with Crippen LogP contribution in [0.25, 0.3) is 10.9 Å². The number of hydrogen-bond donors (Lipinski definition) is 1. The maximum atomic E-state index is 9.33. The summed E-state index contributed by atoms with van der Waals surface area (Å²) in [6.07, 6.45) is 1.20. The smallest absolute Gasteiger partial charge is 0.216 e. The molecule has 3 heteroatoms. The van der Waals surface area contributed by atoms with Gasteiger partial charge in [-0.3, -0.25) is 0 Å². The van der Waals surface area contributed by atoms with Gasteiger partial charge in [0.25, 0.3) is 0 Å². The zero-order valence-corrected chi connectivity index (χ0v) is 10.2. The molecule has 1 heterocycles. The third kappa shape index (κ3) is 2.74. The van der Waals surface area contributed by atoms with E-state index in [-0.39, 0.29) is 6.10 Å². The summed E-state index contributed by atoms with van der Waals surface area (Å²) in [5.41, 5.74) is 1.98. The lowest BCUT2D eigenvalue weighted by Crippen LogP contribution is -2.03. The molecule has 0 saturated heterocycles. The number of aliphatic hydroxyl groups is 1. The van der Waals surface area contributed by atoms with Crippen LogP contribution in [0.3, 0.4) is 0 Å². The average molecular weight is 231 g/mol. The second-order valence-electron chi connectivity index (χ2n) is 4.24. The molecule has 3 nitrogen and oxygen atoms in total. The molecule has 1 unspecified atom stereocenters. The molecule has 1 aromatic heterocycles. The molecule has 0 saturated carbocycles. The predicted octanol–water partition coefficient (Wildman–Crippen LogP) is 2.56. The summed E-state index contributed by atoms with van der Waals surface area (Å²) < 4.78 is 5.29. The summed E-state index contributed by atoms with van der Waals surface area (Å²) in [4.78, 5) is 4.47. The molecule has 0 spiro atoms. The lowest BCUT2D eigenvalue weighted by molar-refractivity contribution is 0.184. The van der Waals surface area contributed by atoms with E-state index in [1.807, 2.05) is 24.3 Å². The van der Waals surface area contributed by atoms with E-state index in [0.717, 1.165) is 29.3 Å². The number of ether oxygens (including phenoxy) is 1. The summed E-state index contributed by atoms with van der Waals surface area (Å²) >= 11 is 0. The Labute approximate surface area is 101 Å². The van der Waals surface area contributed by atoms with Crippen LogP contribution in [-0.4, -0.2) is 23.3 Å². The minimum absolute atomic E-state index is 0.300. The van der Waals surface area contributed by atoms with Gasteiger partial charge in [0.15, 0.2) is 0 Å². The van der Waals surface area contributed by atoms with E-state index in [2.05, 4.69) is 11.1 Å². The Morgan fingerprint density at radius 1 is 1.35 bits per heavy atom. The highest BCUT2D eigenvalue weighted by Gasteiger charge is 2.08. The van der Waals surface area contributed by atoms with E-state index < -0.39 is 0 Å². The molecule has 0 aliphatic carbocycles. The van der Waals surface area contributed by atoms with Crippen LogP contribution in [0.5, 0.6) is 5.88 Å². The molecule has 0 aliphatic rings. The number of aromatic nitrogens is 1. The van der Waals surface area contributed by atoms with Gasteiger partial charge in [0.05, 0.1) is 18.7 Å². The first-order chi connectivity index (χ1) is 8.20. The van der Waals surface area contributed by atoms with E-state index in [9.17, 15) is 5.11 Å². The number of pyridine rings is 1. The Morgan fingerprint density at radius 2 is 2.12 bits per heavy atom. The van der Waals surface area contributed by atoms with Crippen molar-refractivity contribution >= 4 is 10.9 Å². The van der Waals surface area contributed by atoms with E-state index in [1.54, 1.807) is 14.0 Å². The fourth-order valence-electron chi connectivity index (χ4n) is 1.86. The van der Waals surface area contributed by atoms with Gasteiger partial charge in [-0.1, -0.05) is 18.2 Å². The molecule has 0 bridgehead atoms. The van der Waals surface area contributed by atoms with Crippen LogP contribution >= 0.6 is 0 Å². The number of fused-ring (bicyclic) bond motifs is 1. The number of methoxy groups -OCH3 is 1. The van der Waals surface area contributed by atoms with Crippen LogP contribution < -0.4 is 4.74 Å². The zero-order valence-electron chi connectivity index (χ0n) is 10.2. The molecule has 90 valence electrons. The largest absolute Gasteiger partial charge is 0.481 e. The molecule has 0 radical (unpaired) electrons. The number of benzene rings is 1. The van der Waals surface area contributed by atoms with Gasteiger partial charge in [-0.05, 0) is 31.9 Å². The van der Waals surface area contributed by atoms with Crippen molar-refractivity contribution in [3.8, 4) is 5.88 Å². The lowest BCUT2D eigenvalue weighted by atomic mass is 10.1. The average Bonchev–Trinajstić information content (AvgIpc) is 2.35. The highest BCUT2D eigenvalue weighted by atomic mass is 16.5. The van der Waals surface area contributed by atoms with Gasteiger partial charge in [-0.15, -0.1) is 0 Å². The minimum atomic E-state index is -0.300. The summed E-state index contributed by atoms with van der Waals surface area (Å²) in [6.45, 7) is 1.79. The lowest BCUT2D eigenvalue weighted by Gasteiger charge is -2.10. The molecule has 0 fully saturated rings. The number of aliphatic hydroxyl groups excluding tert-OH is 1. The number of aryl methyl sites for hydroxylation is 1. The first-order valence-electron chi connectivity index (χ1n) is 5.81. The van der Waals surface area contributed by atoms with E-state index in [4.69, 9.17) is 4.74 Å². The number of para-hydroxylation sites is 1. The predicted molar refractivity (Wildman–Crippen MR) is 68.3 cm³/mol. The third-order valence-electron chi connectivity index (χ3n) is 2.79. The second-order valence-corrected chi connectivity index (χ2v) is 4.24. The van der Waals surface area contributed by atoms with Gasteiger partial charge in [-0.2, -0.15) is 0 Å². The van der Waals surface area contributed by atoms with Crippen LogP contribution in [0.2, 0.25) is 0 Å². The van der Waals surface area contributed by atoms with Gasteiger partial charge in [0.1, 0.15) is 0 Å². The van der Waals surface area contributed by atoms with Crippen LogP contribution in [0, 0.1) is 0 Å². The second kappa shape index (κ2) is 5.15. The van der Waals surface area contributed by atoms with Crippen LogP contribution in [0.4, 0.5) is 0 Å². The Hall–Kier alpha value is -1.61. The highest BCUT2D eigenvalue weighted by Crippen LogP contribution is 2.23. The fourth-order valence-corrected chi connectivity index (χ4v) is 1.86. The number of rotatable bonds is 4. The van der Waals surface area contributed by atoms with Gasteiger partial charge in [0.2, 0.25) is 5.88 Å². The van der Waals surface area contributed by atoms with Gasteiger partial charge < -0.3 is 9.84 Å². The van der Waals surface area contributed by atoms with E-state index >= 15 is 0 Å². The Kier molecular flexibility index (Phi) is 3.59. The minimum Gasteiger partial charge on any atom is -0.481 e. The van der Waals surface area contributed by atoms with Crippen molar-refractivity contribution in [2.75, 3.05) is 7.11 Å². The van der Waals surface area contributed by atoms with Gasteiger partial charge in [-0.25, -0.2) is 4.98 Å². The molecule has 1 N–H and O–H groups in total. The van der Waals surface area contributed by atoms with E-state index in [1.165, 1.54) is 0 Å². The summed E-state index contributed by atoms with van der Waals surface area (Å²) in [5.74, 6) is 0.657. The first-order valence-corrected chi connectivity index (χ1v) is 5.81. The van der Waals surface area contributed by atoms with Crippen molar-refractivity contribution in [3.63, 3.8) is 0 Å². The monoisotopic (exact) mass is 231 g/mol. The standard InChI is InChI=1S/C14H17NO2/c1-10(16)7-8-12-9-11-5-3-4-6-13(11)15-14(12)17-2/h3-6,9-10,16H,7-8H2,1-2H3. The Balaban J connectivity index is 2.38. The number of nitrogens with zero attached hydrogens (tertiary/aromatic N) is 1. The molecular formula is C14H17NO2. The molecule has 1 atom stereocenters. The van der Waals surface area contributed by atoms with Crippen molar-refractivity contribution in [2.45, 2.75) is 25.9 Å². The molecular weight excluding hydrogens is 214 g/mol. The quantitative estimate of drug-likeness (QED) is 0.879. The topological polar surface area (TPSA) is 42.4 Å². The highest BCUT2D eigenvalue weighted by molar-refractivity contribution is 5.80. The van der Waals surface area contributed by atoms with Gasteiger partial charge >= 0.3 is 0 Å². The summed E-state index contributed by atoms with van der Waals surface area (Å²) in [7, 11) is 1.63. The van der Waals surface area contributed by atoms with E-state index in [0.29, 0.717) is 5.88 Å². The molecule has 1 aromatic carbocycles. The number of hydrogen-bond acceptors (Lipinski definition) is 3. The molecule has 2 rings (SSSR count). The van der Waals surface area contributed by atoms with Crippen molar-refractivity contribution in [1.29, 1.82) is 0 Å². The molecule has 17 heavy (non-hydrogen) atoms. The summed E-state index contributed by atoms with van der Waals surface area (Å²) in [6, 6.07) is 10.0. The van der Waals surface area contributed by atoms with Crippen molar-refractivity contribution in [3.05, 3.63) is 35.9 Å². The SMILES string of the molecule is COc1nc2ccccc2cc1CCC(C)O. The fraction of sp³-hybridized carbons (Fsp3) is 0.357. The summed E-state index contributed by atoms with van der Waals surface area (Å²) in [5, 5.41) is 10.4. The maximum Gasteiger partial charge on any atom is 0.216 e. The maximum absolute atomic E-state index is 9.33. The van der Waals surface area contributed by atoms with Crippen LogP contribution in [0.1, 0.15) is 18.9 Å². The first kappa shape index (κ1) is 11.9. The van der Waals surface area contributed by atoms with Crippen molar-refractivity contribution < 1.29 is 9.84 Å². The normalized spacial score (nSPS) is 12.6.